The Labute approximate surface area is 114 Å². The van der Waals surface area contributed by atoms with Gasteiger partial charge in [0.05, 0.1) is 4.91 Å². The van der Waals surface area contributed by atoms with E-state index >= 15 is 0 Å². The molecule has 0 aromatic heterocycles. The van der Waals surface area contributed by atoms with Crippen molar-refractivity contribution in [2.24, 2.45) is 0 Å². The minimum absolute atomic E-state index is 0.201. The van der Waals surface area contributed by atoms with Crippen LogP contribution in [-0.4, -0.2) is 21.7 Å². The quantitative estimate of drug-likeness (QED) is 0.481. The van der Waals surface area contributed by atoms with E-state index in [0.717, 1.165) is 0 Å². The summed E-state index contributed by atoms with van der Waals surface area (Å²) < 4.78 is 14.0. The van der Waals surface area contributed by atoms with E-state index in [2.05, 4.69) is 6.58 Å². The molecular weight excluding hydrogens is 269 g/mol. The van der Waals surface area contributed by atoms with Crippen LogP contribution in [0.2, 0.25) is 0 Å². The Balaban J connectivity index is 2.31. The zero-order valence-electron chi connectivity index (χ0n) is 9.43. The molecule has 0 unspecified atom stereocenters. The average Bonchev–Trinajstić information content (AvgIpc) is 2.60. The summed E-state index contributed by atoms with van der Waals surface area (Å²) in [5.74, 6) is -0.556. The van der Waals surface area contributed by atoms with Gasteiger partial charge in [0.2, 0.25) is 0 Å². The standard InChI is InChI=1S/C13H10FNOS2/c1-2-7-15-12(16)11(18-13(15)17)8-9-5-3-4-6-10(9)14/h2-6,8H,1,7H2/b11-8-. The Morgan fingerprint density at radius 1 is 1.44 bits per heavy atom. The first-order valence-electron chi connectivity index (χ1n) is 5.24. The Morgan fingerprint density at radius 3 is 2.83 bits per heavy atom. The van der Waals surface area contributed by atoms with Gasteiger partial charge >= 0.3 is 0 Å². The van der Waals surface area contributed by atoms with Gasteiger partial charge in [0.15, 0.2) is 0 Å². The van der Waals surface area contributed by atoms with E-state index in [4.69, 9.17) is 12.2 Å². The summed E-state index contributed by atoms with van der Waals surface area (Å²) in [6.45, 7) is 3.95. The van der Waals surface area contributed by atoms with Gasteiger partial charge in [-0.3, -0.25) is 9.69 Å². The van der Waals surface area contributed by atoms with Gasteiger partial charge in [0.25, 0.3) is 5.91 Å². The molecule has 2 rings (SSSR count). The maximum Gasteiger partial charge on any atom is 0.266 e. The molecule has 5 heteroatoms. The maximum absolute atomic E-state index is 13.5. The normalized spacial score (nSPS) is 17.6. The van der Waals surface area contributed by atoms with E-state index in [9.17, 15) is 9.18 Å². The van der Waals surface area contributed by atoms with Gasteiger partial charge in [-0.15, -0.1) is 6.58 Å². The second-order valence-corrected chi connectivity index (χ2v) is 5.28. The average molecular weight is 279 g/mol. The van der Waals surface area contributed by atoms with Gasteiger partial charge in [-0.25, -0.2) is 4.39 Å². The highest BCUT2D eigenvalue weighted by molar-refractivity contribution is 8.26. The Morgan fingerprint density at radius 2 is 2.17 bits per heavy atom. The minimum atomic E-state index is -0.355. The molecule has 2 nitrogen and oxygen atoms in total. The number of nitrogens with zero attached hydrogens (tertiary/aromatic N) is 1. The van der Waals surface area contributed by atoms with Gasteiger partial charge in [0, 0.05) is 12.1 Å². The highest BCUT2D eigenvalue weighted by Gasteiger charge is 2.31. The third-order valence-corrected chi connectivity index (χ3v) is 3.75. The van der Waals surface area contributed by atoms with E-state index in [1.807, 2.05) is 0 Å². The largest absolute Gasteiger partial charge is 0.289 e. The molecular formula is C13H10FNOS2. The van der Waals surface area contributed by atoms with Crippen molar-refractivity contribution >= 4 is 40.3 Å². The summed E-state index contributed by atoms with van der Waals surface area (Å²) >= 11 is 6.27. The number of hydrogen-bond acceptors (Lipinski definition) is 3. The first-order chi connectivity index (χ1) is 8.63. The number of halogens is 1. The predicted octanol–water partition coefficient (Wildman–Crippen LogP) is 3.21. The maximum atomic E-state index is 13.5. The lowest BCUT2D eigenvalue weighted by molar-refractivity contribution is -0.121. The number of benzene rings is 1. The van der Waals surface area contributed by atoms with E-state index < -0.39 is 0 Å². The van der Waals surface area contributed by atoms with Crippen molar-refractivity contribution in [2.75, 3.05) is 6.54 Å². The predicted molar refractivity (Wildman–Crippen MR) is 76.5 cm³/mol. The Kier molecular flexibility index (Phi) is 3.93. The van der Waals surface area contributed by atoms with Crippen LogP contribution in [0.3, 0.4) is 0 Å². The lowest BCUT2D eigenvalue weighted by Crippen LogP contribution is -2.27. The molecule has 92 valence electrons. The SMILES string of the molecule is C=CCN1C(=O)/C(=C/c2ccccc2F)SC1=S. The van der Waals surface area contributed by atoms with Crippen molar-refractivity contribution in [1.82, 2.24) is 4.90 Å². The smallest absolute Gasteiger partial charge is 0.266 e. The van der Waals surface area contributed by atoms with Crippen LogP contribution in [0.15, 0.2) is 41.8 Å². The zero-order valence-corrected chi connectivity index (χ0v) is 11.1. The van der Waals surface area contributed by atoms with Crippen molar-refractivity contribution in [2.45, 2.75) is 0 Å². The highest BCUT2D eigenvalue weighted by atomic mass is 32.2. The molecule has 1 saturated heterocycles. The van der Waals surface area contributed by atoms with Crippen LogP contribution in [-0.2, 0) is 4.79 Å². The van der Waals surface area contributed by atoms with Crippen LogP contribution in [0.1, 0.15) is 5.56 Å². The fraction of sp³-hybridized carbons (Fsp3) is 0.0769. The third kappa shape index (κ3) is 2.52. The first kappa shape index (κ1) is 13.0. The second kappa shape index (κ2) is 5.46. The monoisotopic (exact) mass is 279 g/mol. The van der Waals surface area contributed by atoms with Crippen molar-refractivity contribution in [3.63, 3.8) is 0 Å². The molecule has 0 bridgehead atoms. The van der Waals surface area contributed by atoms with Crippen molar-refractivity contribution in [3.8, 4) is 0 Å². The molecule has 1 fully saturated rings. The second-order valence-electron chi connectivity index (χ2n) is 3.60. The first-order valence-corrected chi connectivity index (χ1v) is 6.46. The molecule has 0 N–H and O–H groups in total. The van der Waals surface area contributed by atoms with Gasteiger partial charge < -0.3 is 0 Å². The van der Waals surface area contributed by atoms with Gasteiger partial charge in [-0.05, 0) is 12.1 Å². The van der Waals surface area contributed by atoms with Crippen LogP contribution >= 0.6 is 24.0 Å². The van der Waals surface area contributed by atoms with Gasteiger partial charge in [-0.2, -0.15) is 0 Å². The van der Waals surface area contributed by atoms with E-state index in [0.29, 0.717) is 21.3 Å². The Hall–Kier alpha value is -1.46. The molecule has 18 heavy (non-hydrogen) atoms. The lowest BCUT2D eigenvalue weighted by Gasteiger charge is -2.10. The van der Waals surface area contributed by atoms with E-state index in [-0.39, 0.29) is 11.7 Å². The molecule has 1 amide bonds. The summed E-state index contributed by atoms with van der Waals surface area (Å²) in [6, 6.07) is 6.31. The topological polar surface area (TPSA) is 20.3 Å². The molecule has 0 saturated carbocycles. The molecule has 0 aliphatic carbocycles. The number of hydrogen-bond donors (Lipinski definition) is 0. The molecule has 1 aliphatic rings. The molecule has 1 aliphatic heterocycles. The van der Waals surface area contributed by atoms with Gasteiger partial charge in [0.1, 0.15) is 10.1 Å². The van der Waals surface area contributed by atoms with Crippen LogP contribution < -0.4 is 0 Å². The van der Waals surface area contributed by atoms with Crippen molar-refractivity contribution in [1.29, 1.82) is 0 Å². The summed E-state index contributed by atoms with van der Waals surface area (Å²) in [5.41, 5.74) is 0.386. The molecule has 0 atom stereocenters. The van der Waals surface area contributed by atoms with E-state index in [1.165, 1.54) is 28.8 Å². The number of carbonyl (C=O) groups excluding carboxylic acids is 1. The van der Waals surface area contributed by atoms with E-state index in [1.54, 1.807) is 24.3 Å². The number of thiocarbonyl (C=S) groups is 1. The summed E-state index contributed by atoms with van der Waals surface area (Å²) in [5, 5.41) is 0. The minimum Gasteiger partial charge on any atom is -0.289 e. The highest BCUT2D eigenvalue weighted by Crippen LogP contribution is 2.32. The summed E-state index contributed by atoms with van der Waals surface area (Å²) in [7, 11) is 0. The third-order valence-electron chi connectivity index (χ3n) is 2.38. The molecule has 1 aromatic rings. The number of thioether (sulfide) groups is 1. The van der Waals surface area contributed by atoms with Crippen molar-refractivity contribution < 1.29 is 9.18 Å². The molecule has 1 heterocycles. The van der Waals surface area contributed by atoms with Gasteiger partial charge in [-0.1, -0.05) is 48.3 Å². The molecule has 0 spiro atoms. The van der Waals surface area contributed by atoms with Crippen LogP contribution in [0.5, 0.6) is 0 Å². The molecule has 1 aromatic carbocycles. The fourth-order valence-corrected chi connectivity index (χ4v) is 2.79. The molecule has 0 radical (unpaired) electrons. The zero-order chi connectivity index (χ0) is 13.1. The van der Waals surface area contributed by atoms with Crippen LogP contribution in [0, 0.1) is 5.82 Å². The van der Waals surface area contributed by atoms with Crippen LogP contribution in [0.25, 0.3) is 6.08 Å². The van der Waals surface area contributed by atoms with Crippen LogP contribution in [0.4, 0.5) is 4.39 Å². The number of amides is 1. The fourth-order valence-electron chi connectivity index (χ4n) is 1.52. The summed E-state index contributed by atoms with van der Waals surface area (Å²) in [6.07, 6.45) is 3.13. The number of carbonyl (C=O) groups is 1. The Bertz CT molecular complexity index is 554. The number of rotatable bonds is 3. The van der Waals surface area contributed by atoms with Crippen molar-refractivity contribution in [3.05, 3.63) is 53.2 Å². The lowest BCUT2D eigenvalue weighted by atomic mass is 10.2. The summed E-state index contributed by atoms with van der Waals surface area (Å²) in [4.78, 5) is 13.9.